The molecule has 162 valence electrons. The van der Waals surface area contributed by atoms with E-state index in [0.717, 1.165) is 43.9 Å². The number of fused-ring (bicyclic) bond motifs is 1. The summed E-state index contributed by atoms with van der Waals surface area (Å²) in [6.07, 6.45) is 1.07. The zero-order chi connectivity index (χ0) is 21.5. The first kappa shape index (κ1) is 22.6. The average Bonchev–Trinajstić information content (AvgIpc) is 2.74. The summed E-state index contributed by atoms with van der Waals surface area (Å²) < 4.78 is 0. The Kier molecular flexibility index (Phi) is 8.14. The molecule has 1 amide bonds. The normalized spacial score (nSPS) is 13.9. The summed E-state index contributed by atoms with van der Waals surface area (Å²) in [6.45, 7) is 7.63. The van der Waals surface area contributed by atoms with Crippen molar-refractivity contribution in [2.24, 2.45) is 0 Å². The molecule has 0 bridgehead atoms. The molecule has 0 saturated carbocycles. The summed E-state index contributed by atoms with van der Waals surface area (Å²) in [4.78, 5) is 19.6. The molecule has 0 unspecified atom stereocenters. The molecule has 0 spiro atoms. The van der Waals surface area contributed by atoms with E-state index in [2.05, 4.69) is 40.2 Å². The molecule has 0 saturated heterocycles. The predicted octanol–water partition coefficient (Wildman–Crippen LogP) is 3.72. The largest absolute Gasteiger partial charge is 0.376 e. The summed E-state index contributed by atoms with van der Waals surface area (Å²) in [6, 6.07) is 14.1. The lowest BCUT2D eigenvalue weighted by molar-refractivity contribution is -0.130. The Labute approximate surface area is 185 Å². The number of carbonyl (C=O) groups is 1. The van der Waals surface area contributed by atoms with Crippen LogP contribution in [0, 0.1) is 0 Å². The number of hydrogen-bond acceptors (Lipinski definition) is 4. The number of rotatable bonds is 9. The van der Waals surface area contributed by atoms with Crippen molar-refractivity contribution in [1.29, 1.82) is 0 Å². The van der Waals surface area contributed by atoms with Gasteiger partial charge in [0.25, 0.3) is 0 Å². The Morgan fingerprint density at radius 3 is 2.70 bits per heavy atom. The van der Waals surface area contributed by atoms with Gasteiger partial charge in [-0.3, -0.25) is 9.69 Å². The van der Waals surface area contributed by atoms with Crippen LogP contribution < -0.4 is 5.32 Å². The summed E-state index contributed by atoms with van der Waals surface area (Å²) in [5.41, 5.74) is 4.84. The number of hydrogen-bond donors (Lipinski definition) is 1. The minimum Gasteiger partial charge on any atom is -0.376 e. The van der Waals surface area contributed by atoms with E-state index in [1.54, 1.807) is 0 Å². The number of likely N-dealkylation sites (N-methyl/N-ethyl adjacent to an activating group) is 2. The van der Waals surface area contributed by atoms with Gasteiger partial charge < -0.3 is 15.1 Å². The number of halogens is 1. The number of nitrogens with zero attached hydrogens (tertiary/aromatic N) is 3. The second kappa shape index (κ2) is 10.8. The van der Waals surface area contributed by atoms with Gasteiger partial charge in [0.05, 0.1) is 6.54 Å². The molecule has 1 aliphatic heterocycles. The Morgan fingerprint density at radius 1 is 1.17 bits per heavy atom. The summed E-state index contributed by atoms with van der Waals surface area (Å²) in [5, 5.41) is 4.12. The Morgan fingerprint density at radius 2 is 1.97 bits per heavy atom. The van der Waals surface area contributed by atoms with Crippen molar-refractivity contribution in [3.63, 3.8) is 0 Å². The zero-order valence-corrected chi connectivity index (χ0v) is 19.1. The first-order valence-corrected chi connectivity index (χ1v) is 11.1. The summed E-state index contributed by atoms with van der Waals surface area (Å²) >= 11 is 6.14. The molecule has 2 aromatic carbocycles. The first-order valence-electron chi connectivity index (χ1n) is 10.7. The monoisotopic (exact) mass is 428 g/mol. The molecule has 1 aliphatic rings. The van der Waals surface area contributed by atoms with Gasteiger partial charge >= 0.3 is 0 Å². The number of nitrogens with one attached hydrogen (secondary N) is 1. The van der Waals surface area contributed by atoms with Crippen LogP contribution in [0.3, 0.4) is 0 Å². The van der Waals surface area contributed by atoms with Crippen LogP contribution in [-0.4, -0.2) is 67.4 Å². The number of benzene rings is 2. The SMILES string of the molecule is CCN1CCc2cccc(NCC(=O)N(CCN(C)C)Cc3cccc(Cl)c3)c2C1. The van der Waals surface area contributed by atoms with Crippen LogP contribution in [0.1, 0.15) is 23.6 Å². The van der Waals surface area contributed by atoms with Crippen molar-refractivity contribution in [1.82, 2.24) is 14.7 Å². The first-order chi connectivity index (χ1) is 14.5. The highest BCUT2D eigenvalue weighted by Gasteiger charge is 2.19. The number of amides is 1. The van der Waals surface area contributed by atoms with Crippen molar-refractivity contribution in [2.75, 3.05) is 52.1 Å². The van der Waals surface area contributed by atoms with E-state index in [4.69, 9.17) is 11.6 Å². The fourth-order valence-corrected chi connectivity index (χ4v) is 4.04. The molecule has 1 N–H and O–H groups in total. The van der Waals surface area contributed by atoms with E-state index in [0.29, 0.717) is 18.1 Å². The van der Waals surface area contributed by atoms with Gasteiger partial charge in [-0.15, -0.1) is 0 Å². The average molecular weight is 429 g/mol. The lowest BCUT2D eigenvalue weighted by atomic mass is 9.98. The number of carbonyl (C=O) groups excluding carboxylic acids is 1. The maximum absolute atomic E-state index is 13.1. The van der Waals surface area contributed by atoms with E-state index in [9.17, 15) is 4.79 Å². The quantitative estimate of drug-likeness (QED) is 0.660. The summed E-state index contributed by atoms with van der Waals surface area (Å²) in [5.74, 6) is 0.0950. The fourth-order valence-electron chi connectivity index (χ4n) is 3.82. The van der Waals surface area contributed by atoms with Crippen LogP contribution in [0.5, 0.6) is 0 Å². The highest BCUT2D eigenvalue weighted by molar-refractivity contribution is 6.30. The lowest BCUT2D eigenvalue weighted by Crippen LogP contribution is -2.39. The molecule has 1 heterocycles. The van der Waals surface area contributed by atoms with Gasteiger partial charge in [-0.05, 0) is 62.0 Å². The van der Waals surface area contributed by atoms with Gasteiger partial charge in [0.15, 0.2) is 0 Å². The van der Waals surface area contributed by atoms with Crippen molar-refractivity contribution < 1.29 is 4.79 Å². The van der Waals surface area contributed by atoms with Crippen LogP contribution >= 0.6 is 11.6 Å². The van der Waals surface area contributed by atoms with Gasteiger partial charge in [0.2, 0.25) is 5.91 Å². The maximum Gasteiger partial charge on any atom is 0.242 e. The minimum atomic E-state index is 0.0950. The molecule has 2 aromatic rings. The molecular formula is C24H33ClN4O. The third kappa shape index (κ3) is 6.21. The third-order valence-electron chi connectivity index (χ3n) is 5.66. The van der Waals surface area contributed by atoms with Gasteiger partial charge in [-0.2, -0.15) is 0 Å². The zero-order valence-electron chi connectivity index (χ0n) is 18.3. The second-order valence-corrected chi connectivity index (χ2v) is 8.60. The van der Waals surface area contributed by atoms with E-state index < -0.39 is 0 Å². The Balaban J connectivity index is 1.68. The van der Waals surface area contributed by atoms with Crippen LogP contribution in [0.4, 0.5) is 5.69 Å². The van der Waals surface area contributed by atoms with Gasteiger partial charge in [0, 0.05) is 43.4 Å². The molecule has 6 heteroatoms. The van der Waals surface area contributed by atoms with E-state index in [1.165, 1.54) is 11.1 Å². The van der Waals surface area contributed by atoms with E-state index in [-0.39, 0.29) is 12.5 Å². The minimum absolute atomic E-state index is 0.0950. The van der Waals surface area contributed by atoms with Crippen molar-refractivity contribution in [3.05, 3.63) is 64.2 Å². The van der Waals surface area contributed by atoms with E-state index >= 15 is 0 Å². The Bertz CT molecular complexity index is 855. The van der Waals surface area contributed by atoms with Crippen molar-refractivity contribution >= 4 is 23.2 Å². The third-order valence-corrected chi connectivity index (χ3v) is 5.90. The molecular weight excluding hydrogens is 396 g/mol. The predicted molar refractivity (Wildman–Crippen MR) is 125 cm³/mol. The van der Waals surface area contributed by atoms with Crippen molar-refractivity contribution in [2.45, 2.75) is 26.4 Å². The van der Waals surface area contributed by atoms with E-state index in [1.807, 2.05) is 43.3 Å². The Hall–Kier alpha value is -2.08. The van der Waals surface area contributed by atoms with Gasteiger partial charge in [-0.25, -0.2) is 0 Å². The van der Waals surface area contributed by atoms with Crippen LogP contribution in [0.25, 0.3) is 0 Å². The van der Waals surface area contributed by atoms with Crippen LogP contribution in [0.15, 0.2) is 42.5 Å². The molecule has 0 fully saturated rings. The topological polar surface area (TPSA) is 38.8 Å². The molecule has 0 aromatic heterocycles. The lowest BCUT2D eigenvalue weighted by Gasteiger charge is -2.30. The maximum atomic E-state index is 13.1. The van der Waals surface area contributed by atoms with Gasteiger partial charge in [0.1, 0.15) is 0 Å². The molecule has 3 rings (SSSR count). The van der Waals surface area contributed by atoms with Crippen molar-refractivity contribution in [3.8, 4) is 0 Å². The molecule has 0 atom stereocenters. The number of anilines is 1. The highest BCUT2D eigenvalue weighted by atomic mass is 35.5. The van der Waals surface area contributed by atoms with Crippen LogP contribution in [-0.2, 0) is 24.3 Å². The fraction of sp³-hybridized carbons (Fsp3) is 0.458. The molecule has 30 heavy (non-hydrogen) atoms. The van der Waals surface area contributed by atoms with Crippen LogP contribution in [0.2, 0.25) is 5.02 Å². The molecule has 0 aliphatic carbocycles. The standard InChI is InChI=1S/C24H33ClN4O/c1-4-28-12-11-20-8-6-10-23(22(20)18-28)26-16-24(30)29(14-13-27(2)3)17-19-7-5-9-21(25)15-19/h5-10,15,26H,4,11-14,16-18H2,1-3H3. The second-order valence-electron chi connectivity index (χ2n) is 8.16. The summed E-state index contributed by atoms with van der Waals surface area (Å²) in [7, 11) is 4.05. The highest BCUT2D eigenvalue weighted by Crippen LogP contribution is 2.26. The molecule has 5 nitrogen and oxygen atoms in total. The van der Waals surface area contributed by atoms with Gasteiger partial charge in [-0.1, -0.05) is 42.8 Å². The molecule has 0 radical (unpaired) electrons. The smallest absolute Gasteiger partial charge is 0.242 e.